The smallest absolute Gasteiger partial charge is 0.188 e. The van der Waals surface area contributed by atoms with E-state index in [-0.39, 0.29) is 12.2 Å². The number of nitrogens with zero attached hydrogens (tertiary/aromatic N) is 4. The zero-order chi connectivity index (χ0) is 23.0. The van der Waals surface area contributed by atoms with E-state index in [1.54, 1.807) is 30.9 Å². The molecule has 8 heteroatoms. The first-order chi connectivity index (χ1) is 15.9. The van der Waals surface area contributed by atoms with Gasteiger partial charge in [0.2, 0.25) is 0 Å². The van der Waals surface area contributed by atoms with Crippen molar-refractivity contribution in [2.75, 3.05) is 0 Å². The molecule has 0 bridgehead atoms. The molecule has 3 aromatic heterocycles. The van der Waals surface area contributed by atoms with Crippen molar-refractivity contribution in [1.82, 2.24) is 30.2 Å². The Balaban J connectivity index is 1.31. The maximum Gasteiger partial charge on any atom is 0.188 e. The van der Waals surface area contributed by atoms with Crippen molar-refractivity contribution in [2.45, 2.75) is 32.4 Å². The summed E-state index contributed by atoms with van der Waals surface area (Å²) < 4.78 is 1.80. The number of rotatable bonds is 7. The Labute approximate surface area is 190 Å². The number of nitrogens with one attached hydrogen (secondary N) is 2. The molecule has 0 atom stereocenters. The number of carbonyl (C=O) groups excluding carboxylic acids is 1. The Hall–Kier alpha value is -4.04. The molecule has 0 aliphatic rings. The van der Waals surface area contributed by atoms with Crippen LogP contribution >= 0.6 is 0 Å². The first-order valence-electron chi connectivity index (χ1n) is 10.7. The predicted molar refractivity (Wildman–Crippen MR) is 125 cm³/mol. The van der Waals surface area contributed by atoms with Crippen LogP contribution in [0.4, 0.5) is 0 Å². The third-order valence-electron chi connectivity index (χ3n) is 5.69. The Morgan fingerprint density at radius 2 is 1.97 bits per heavy atom. The van der Waals surface area contributed by atoms with E-state index in [1.165, 1.54) is 0 Å². The van der Waals surface area contributed by atoms with E-state index in [0.717, 1.165) is 38.7 Å². The van der Waals surface area contributed by atoms with Crippen LogP contribution in [0.15, 0.2) is 67.3 Å². The van der Waals surface area contributed by atoms with Crippen LogP contribution in [-0.4, -0.2) is 41.1 Å². The Kier molecular flexibility index (Phi) is 5.14. The van der Waals surface area contributed by atoms with Crippen molar-refractivity contribution in [2.24, 2.45) is 0 Å². The number of Topliss-reactive ketones (excluding diaryl/α,β-unsaturated/α-hetero) is 1. The van der Waals surface area contributed by atoms with Gasteiger partial charge in [-0.15, -0.1) is 0 Å². The summed E-state index contributed by atoms with van der Waals surface area (Å²) in [4.78, 5) is 13.0. The molecule has 5 rings (SSSR count). The van der Waals surface area contributed by atoms with E-state index in [4.69, 9.17) is 0 Å². The van der Waals surface area contributed by atoms with E-state index in [1.807, 2.05) is 54.9 Å². The normalized spacial score (nSPS) is 11.8. The molecule has 2 aromatic carbocycles. The van der Waals surface area contributed by atoms with Gasteiger partial charge < -0.3 is 5.11 Å². The van der Waals surface area contributed by atoms with Crippen LogP contribution in [0.2, 0.25) is 0 Å². The molecule has 0 spiro atoms. The third-order valence-corrected chi connectivity index (χ3v) is 5.69. The lowest BCUT2D eigenvalue weighted by atomic mass is 9.96. The van der Waals surface area contributed by atoms with Crippen molar-refractivity contribution in [1.29, 1.82) is 0 Å². The van der Waals surface area contributed by atoms with Crippen LogP contribution in [0.1, 0.15) is 41.0 Å². The lowest BCUT2D eigenvalue weighted by molar-refractivity contribution is 0.0785. The van der Waals surface area contributed by atoms with Crippen LogP contribution in [0.25, 0.3) is 22.0 Å². The number of aliphatic hydroxyl groups is 1. The largest absolute Gasteiger partial charge is 0.386 e. The SMILES string of the molecule is CC(C)(O)c1cccc(Cn2cc(CC(=O)c3n[nH]c4cc(-c5cn[nH]c5)ccc34)cn2)c1. The molecule has 0 saturated heterocycles. The topological polar surface area (TPSA) is 112 Å². The molecular formula is C25H24N6O2. The number of aromatic nitrogens is 6. The van der Waals surface area contributed by atoms with Gasteiger partial charge >= 0.3 is 0 Å². The molecular weight excluding hydrogens is 416 g/mol. The summed E-state index contributed by atoms with van der Waals surface area (Å²) in [5, 5.41) is 29.5. The summed E-state index contributed by atoms with van der Waals surface area (Å²) in [6.07, 6.45) is 7.38. The fourth-order valence-corrected chi connectivity index (χ4v) is 3.91. The van der Waals surface area contributed by atoms with Crippen molar-refractivity contribution >= 4 is 16.7 Å². The van der Waals surface area contributed by atoms with E-state index in [0.29, 0.717) is 12.2 Å². The van der Waals surface area contributed by atoms with Gasteiger partial charge in [0, 0.05) is 29.8 Å². The van der Waals surface area contributed by atoms with Gasteiger partial charge in [-0.05, 0) is 48.2 Å². The molecule has 0 aliphatic heterocycles. The lowest BCUT2D eigenvalue weighted by Gasteiger charge is -2.18. The fraction of sp³-hybridized carbons (Fsp3) is 0.200. The summed E-state index contributed by atoms with van der Waals surface area (Å²) in [6.45, 7) is 4.09. The first-order valence-corrected chi connectivity index (χ1v) is 10.7. The zero-order valence-corrected chi connectivity index (χ0v) is 18.4. The maximum absolute atomic E-state index is 13.0. The summed E-state index contributed by atoms with van der Waals surface area (Å²) >= 11 is 0. The summed E-state index contributed by atoms with van der Waals surface area (Å²) in [6, 6.07) is 13.6. The van der Waals surface area contributed by atoms with E-state index in [2.05, 4.69) is 25.5 Å². The van der Waals surface area contributed by atoms with Crippen molar-refractivity contribution < 1.29 is 9.90 Å². The van der Waals surface area contributed by atoms with Gasteiger partial charge in [0.05, 0.1) is 30.1 Å². The minimum atomic E-state index is -0.899. The molecule has 0 fully saturated rings. The molecule has 0 unspecified atom stereocenters. The van der Waals surface area contributed by atoms with Crippen LogP contribution in [0.3, 0.4) is 0 Å². The van der Waals surface area contributed by atoms with E-state index < -0.39 is 5.60 Å². The molecule has 0 aliphatic carbocycles. The van der Waals surface area contributed by atoms with Crippen LogP contribution in [0, 0.1) is 0 Å². The zero-order valence-electron chi connectivity index (χ0n) is 18.4. The monoisotopic (exact) mass is 440 g/mol. The van der Waals surface area contributed by atoms with Crippen LogP contribution < -0.4 is 0 Å². The van der Waals surface area contributed by atoms with Gasteiger partial charge in [-0.3, -0.25) is 19.7 Å². The number of ketones is 1. The minimum absolute atomic E-state index is 0.0686. The molecule has 0 amide bonds. The number of benzene rings is 2. The Morgan fingerprint density at radius 3 is 2.76 bits per heavy atom. The standard InChI is InChI=1S/C25H24N6O2/c1-25(2,33)20-5-3-4-16(8-20)14-31-15-17(11-28-31)9-23(32)24-21-7-6-18(10-22(21)29-30-24)19-12-26-27-13-19/h3-8,10-13,15,33H,9,14H2,1-2H3,(H,26,27)(H,29,30). The summed E-state index contributed by atoms with van der Waals surface area (Å²) in [7, 11) is 0. The number of aromatic amines is 2. The van der Waals surface area contributed by atoms with E-state index in [9.17, 15) is 9.90 Å². The van der Waals surface area contributed by atoms with Gasteiger partial charge in [0.25, 0.3) is 0 Å². The first kappa shape index (κ1) is 20.8. The number of fused-ring (bicyclic) bond motifs is 1. The second-order valence-corrected chi connectivity index (χ2v) is 8.73. The molecule has 0 radical (unpaired) electrons. The third kappa shape index (κ3) is 4.33. The van der Waals surface area contributed by atoms with Gasteiger partial charge in [0.1, 0.15) is 5.69 Å². The molecule has 166 valence electrons. The highest BCUT2D eigenvalue weighted by Crippen LogP contribution is 2.25. The highest BCUT2D eigenvalue weighted by molar-refractivity contribution is 6.07. The predicted octanol–water partition coefficient (Wildman–Crippen LogP) is 3.85. The van der Waals surface area contributed by atoms with Crippen molar-refractivity contribution in [3.8, 4) is 11.1 Å². The van der Waals surface area contributed by atoms with Crippen molar-refractivity contribution in [3.63, 3.8) is 0 Å². The number of hydrogen-bond acceptors (Lipinski definition) is 5. The number of carbonyl (C=O) groups is 1. The highest BCUT2D eigenvalue weighted by atomic mass is 16.3. The van der Waals surface area contributed by atoms with Gasteiger partial charge in [-0.1, -0.05) is 30.3 Å². The highest BCUT2D eigenvalue weighted by Gasteiger charge is 2.18. The van der Waals surface area contributed by atoms with Crippen LogP contribution in [0.5, 0.6) is 0 Å². The summed E-state index contributed by atoms with van der Waals surface area (Å²) in [5.41, 5.74) is 5.00. The average Bonchev–Trinajstić information content (AvgIpc) is 3.54. The Bertz CT molecular complexity index is 1420. The summed E-state index contributed by atoms with van der Waals surface area (Å²) in [5.74, 6) is -0.0686. The number of H-pyrrole nitrogens is 2. The Morgan fingerprint density at radius 1 is 1.09 bits per heavy atom. The van der Waals surface area contributed by atoms with Crippen LogP contribution in [-0.2, 0) is 18.6 Å². The van der Waals surface area contributed by atoms with Gasteiger partial charge in [-0.2, -0.15) is 15.3 Å². The molecule has 8 nitrogen and oxygen atoms in total. The molecule has 5 aromatic rings. The fourth-order valence-electron chi connectivity index (χ4n) is 3.91. The second-order valence-electron chi connectivity index (χ2n) is 8.73. The average molecular weight is 441 g/mol. The van der Waals surface area contributed by atoms with E-state index >= 15 is 0 Å². The molecule has 33 heavy (non-hydrogen) atoms. The molecule has 3 N–H and O–H groups in total. The van der Waals surface area contributed by atoms with Gasteiger partial charge in [0.15, 0.2) is 5.78 Å². The minimum Gasteiger partial charge on any atom is -0.386 e. The quantitative estimate of drug-likeness (QED) is 0.333. The lowest BCUT2D eigenvalue weighted by Crippen LogP contribution is -2.15. The maximum atomic E-state index is 13.0. The molecule has 0 saturated carbocycles. The van der Waals surface area contributed by atoms with Gasteiger partial charge in [-0.25, -0.2) is 0 Å². The second kappa shape index (κ2) is 8.14. The number of hydrogen-bond donors (Lipinski definition) is 3. The van der Waals surface area contributed by atoms with Crippen molar-refractivity contribution in [3.05, 3.63) is 89.6 Å². The molecule has 3 heterocycles.